The SMILES string of the molecule is COc1ccccc1CN[C@@H](C)[C@@H](Cl)c1ccccc1. The van der Waals surface area contributed by atoms with Gasteiger partial charge in [0.1, 0.15) is 5.75 Å². The third kappa shape index (κ3) is 3.75. The average molecular weight is 290 g/mol. The lowest BCUT2D eigenvalue weighted by molar-refractivity contribution is 0.405. The number of para-hydroxylation sites is 1. The zero-order valence-corrected chi connectivity index (χ0v) is 12.6. The number of nitrogens with one attached hydrogen (secondary N) is 1. The van der Waals surface area contributed by atoms with Gasteiger partial charge in [-0.25, -0.2) is 0 Å². The van der Waals surface area contributed by atoms with Gasteiger partial charge in [0, 0.05) is 18.2 Å². The van der Waals surface area contributed by atoms with Crippen molar-refractivity contribution < 1.29 is 4.74 Å². The van der Waals surface area contributed by atoms with Crippen LogP contribution in [0.1, 0.15) is 23.4 Å². The molecule has 106 valence electrons. The molecule has 0 fully saturated rings. The maximum Gasteiger partial charge on any atom is 0.123 e. The Labute approximate surface area is 125 Å². The maximum absolute atomic E-state index is 6.50. The molecule has 2 aromatic rings. The predicted molar refractivity (Wildman–Crippen MR) is 84.3 cm³/mol. The summed E-state index contributed by atoms with van der Waals surface area (Å²) < 4.78 is 5.35. The lowest BCUT2D eigenvalue weighted by Gasteiger charge is -2.20. The summed E-state index contributed by atoms with van der Waals surface area (Å²) in [7, 11) is 1.69. The molecule has 20 heavy (non-hydrogen) atoms. The van der Waals surface area contributed by atoms with Crippen molar-refractivity contribution in [3.05, 3.63) is 65.7 Å². The van der Waals surface area contributed by atoms with E-state index >= 15 is 0 Å². The molecule has 0 aliphatic carbocycles. The number of methoxy groups -OCH3 is 1. The van der Waals surface area contributed by atoms with E-state index in [-0.39, 0.29) is 11.4 Å². The molecule has 0 spiro atoms. The second-order valence-corrected chi connectivity index (χ2v) is 5.26. The van der Waals surface area contributed by atoms with Gasteiger partial charge in [-0.2, -0.15) is 0 Å². The van der Waals surface area contributed by atoms with Crippen LogP contribution in [-0.4, -0.2) is 13.2 Å². The summed E-state index contributed by atoms with van der Waals surface area (Å²) >= 11 is 6.50. The van der Waals surface area contributed by atoms with Crippen LogP contribution >= 0.6 is 11.6 Å². The van der Waals surface area contributed by atoms with Crippen LogP contribution in [0.2, 0.25) is 0 Å². The van der Waals surface area contributed by atoms with Crippen molar-refractivity contribution in [3.63, 3.8) is 0 Å². The first-order valence-corrected chi connectivity index (χ1v) is 7.20. The molecule has 2 nitrogen and oxygen atoms in total. The first-order valence-electron chi connectivity index (χ1n) is 6.76. The summed E-state index contributed by atoms with van der Waals surface area (Å²) in [5.41, 5.74) is 2.27. The first-order chi connectivity index (χ1) is 9.72. The van der Waals surface area contributed by atoms with Crippen LogP contribution in [0.15, 0.2) is 54.6 Å². The quantitative estimate of drug-likeness (QED) is 0.807. The number of benzene rings is 2. The molecular weight excluding hydrogens is 270 g/mol. The molecular formula is C17H20ClNO. The summed E-state index contributed by atoms with van der Waals surface area (Å²) in [5.74, 6) is 0.901. The van der Waals surface area contributed by atoms with Gasteiger partial charge in [-0.05, 0) is 18.6 Å². The lowest BCUT2D eigenvalue weighted by Crippen LogP contribution is -2.29. The molecule has 2 rings (SSSR count). The van der Waals surface area contributed by atoms with Crippen LogP contribution < -0.4 is 10.1 Å². The Morgan fingerprint density at radius 3 is 2.40 bits per heavy atom. The average Bonchev–Trinajstić information content (AvgIpc) is 2.53. The Kier molecular flexibility index (Phi) is 5.45. The van der Waals surface area contributed by atoms with Crippen molar-refractivity contribution >= 4 is 11.6 Å². The van der Waals surface area contributed by atoms with Crippen molar-refractivity contribution in [2.24, 2.45) is 0 Å². The minimum absolute atomic E-state index is 0.0501. The molecule has 0 unspecified atom stereocenters. The maximum atomic E-state index is 6.50. The summed E-state index contributed by atoms with van der Waals surface area (Å²) in [5, 5.41) is 3.41. The molecule has 0 amide bonds. The lowest BCUT2D eigenvalue weighted by atomic mass is 10.1. The summed E-state index contributed by atoms with van der Waals surface area (Å²) in [4.78, 5) is 0. The van der Waals surface area contributed by atoms with Gasteiger partial charge in [0.15, 0.2) is 0 Å². The smallest absolute Gasteiger partial charge is 0.123 e. The van der Waals surface area contributed by atoms with Gasteiger partial charge >= 0.3 is 0 Å². The van der Waals surface area contributed by atoms with Crippen LogP contribution in [0, 0.1) is 0 Å². The van der Waals surface area contributed by atoms with E-state index < -0.39 is 0 Å². The summed E-state index contributed by atoms with van der Waals surface area (Å²) in [6.07, 6.45) is 0. The van der Waals surface area contributed by atoms with Crippen molar-refractivity contribution in [2.75, 3.05) is 7.11 Å². The van der Waals surface area contributed by atoms with Crippen LogP contribution in [0.25, 0.3) is 0 Å². The number of hydrogen-bond donors (Lipinski definition) is 1. The molecule has 0 saturated carbocycles. The van der Waals surface area contributed by atoms with Gasteiger partial charge in [0.05, 0.1) is 12.5 Å². The van der Waals surface area contributed by atoms with Gasteiger partial charge in [0.25, 0.3) is 0 Å². The number of alkyl halides is 1. The standard InChI is InChI=1S/C17H20ClNO/c1-13(17(18)14-8-4-3-5-9-14)19-12-15-10-6-7-11-16(15)20-2/h3-11,13,17,19H,12H2,1-2H3/t13-,17+/m0/s1. The molecule has 2 aromatic carbocycles. The second-order valence-electron chi connectivity index (χ2n) is 4.79. The van der Waals surface area contributed by atoms with E-state index in [1.165, 1.54) is 0 Å². The minimum Gasteiger partial charge on any atom is -0.496 e. The third-order valence-electron chi connectivity index (χ3n) is 3.36. The molecule has 2 atom stereocenters. The minimum atomic E-state index is -0.0501. The molecule has 0 heterocycles. The number of halogens is 1. The van der Waals surface area contributed by atoms with E-state index in [1.54, 1.807) is 7.11 Å². The fourth-order valence-electron chi connectivity index (χ4n) is 2.15. The monoisotopic (exact) mass is 289 g/mol. The zero-order chi connectivity index (χ0) is 14.4. The Hall–Kier alpha value is -1.51. The highest BCUT2D eigenvalue weighted by atomic mass is 35.5. The number of ether oxygens (including phenoxy) is 1. The number of rotatable bonds is 6. The van der Waals surface area contributed by atoms with Crippen molar-refractivity contribution in [3.8, 4) is 5.75 Å². The fraction of sp³-hybridized carbons (Fsp3) is 0.294. The molecule has 0 aliphatic rings. The molecule has 1 N–H and O–H groups in total. The third-order valence-corrected chi connectivity index (χ3v) is 3.99. The Balaban J connectivity index is 1.97. The Morgan fingerprint density at radius 2 is 1.70 bits per heavy atom. The summed E-state index contributed by atoms with van der Waals surface area (Å²) in [6, 6.07) is 18.3. The van der Waals surface area contributed by atoms with Crippen molar-refractivity contribution in [2.45, 2.75) is 24.9 Å². The molecule has 0 saturated heterocycles. The van der Waals surface area contributed by atoms with E-state index in [2.05, 4.69) is 30.4 Å². The molecule has 0 aromatic heterocycles. The Morgan fingerprint density at radius 1 is 1.05 bits per heavy atom. The first kappa shape index (κ1) is 14.9. The fourth-order valence-corrected chi connectivity index (χ4v) is 2.38. The van der Waals surface area contributed by atoms with Crippen LogP contribution in [0.5, 0.6) is 5.75 Å². The van der Waals surface area contributed by atoms with Gasteiger partial charge in [-0.1, -0.05) is 48.5 Å². The highest BCUT2D eigenvalue weighted by Crippen LogP contribution is 2.24. The predicted octanol–water partition coefficient (Wildman–Crippen LogP) is 4.15. The van der Waals surface area contributed by atoms with Crippen LogP contribution in [-0.2, 0) is 6.54 Å². The largest absolute Gasteiger partial charge is 0.496 e. The van der Waals surface area contributed by atoms with Gasteiger partial charge in [0.2, 0.25) is 0 Å². The molecule has 0 radical (unpaired) electrons. The van der Waals surface area contributed by atoms with E-state index in [9.17, 15) is 0 Å². The van der Waals surface area contributed by atoms with E-state index in [4.69, 9.17) is 16.3 Å². The van der Waals surface area contributed by atoms with E-state index in [1.807, 2.05) is 36.4 Å². The second kappa shape index (κ2) is 7.32. The molecule has 0 aliphatic heterocycles. The van der Waals surface area contributed by atoms with Gasteiger partial charge in [-0.15, -0.1) is 11.6 Å². The topological polar surface area (TPSA) is 21.3 Å². The van der Waals surface area contributed by atoms with Crippen molar-refractivity contribution in [1.82, 2.24) is 5.32 Å². The number of hydrogen-bond acceptors (Lipinski definition) is 2. The van der Waals surface area contributed by atoms with Gasteiger partial charge < -0.3 is 10.1 Å². The van der Waals surface area contributed by atoms with E-state index in [0.717, 1.165) is 23.4 Å². The highest BCUT2D eigenvalue weighted by Gasteiger charge is 2.16. The van der Waals surface area contributed by atoms with Crippen LogP contribution in [0.3, 0.4) is 0 Å². The Bertz CT molecular complexity index is 530. The van der Waals surface area contributed by atoms with Gasteiger partial charge in [-0.3, -0.25) is 0 Å². The molecule has 3 heteroatoms. The van der Waals surface area contributed by atoms with Crippen molar-refractivity contribution in [1.29, 1.82) is 0 Å². The highest BCUT2D eigenvalue weighted by molar-refractivity contribution is 6.21. The normalized spacial score (nSPS) is 13.8. The van der Waals surface area contributed by atoms with Crippen LogP contribution in [0.4, 0.5) is 0 Å². The zero-order valence-electron chi connectivity index (χ0n) is 11.8. The molecule has 0 bridgehead atoms. The van der Waals surface area contributed by atoms with E-state index in [0.29, 0.717) is 0 Å². The summed E-state index contributed by atoms with van der Waals surface area (Å²) in [6.45, 7) is 2.83.